The molecule has 0 spiro atoms. The van der Waals surface area contributed by atoms with E-state index in [2.05, 4.69) is 13.8 Å². The number of Topliss-reactive ketones (excluding diaryl/α,β-unsaturated/α-hetero) is 1. The van der Waals surface area contributed by atoms with E-state index in [1.54, 1.807) is 6.92 Å². The average molecular weight is 282 g/mol. The number of ketones is 1. The first-order valence-electron chi connectivity index (χ1n) is 7.40. The highest BCUT2D eigenvalue weighted by Gasteiger charge is 2.02. The molecule has 0 atom stereocenters. The first-order valence-corrected chi connectivity index (χ1v) is 7.40. The van der Waals surface area contributed by atoms with Gasteiger partial charge in [-0.1, -0.05) is 50.2 Å². The van der Waals surface area contributed by atoms with Crippen molar-refractivity contribution >= 4 is 5.78 Å². The summed E-state index contributed by atoms with van der Waals surface area (Å²) in [5.74, 6) is 1.65. The summed E-state index contributed by atoms with van der Waals surface area (Å²) in [5.41, 5.74) is 2.97. The Kier molecular flexibility index (Phi) is 5.15. The van der Waals surface area contributed by atoms with Crippen molar-refractivity contribution in [3.63, 3.8) is 0 Å². The van der Waals surface area contributed by atoms with E-state index < -0.39 is 0 Å². The van der Waals surface area contributed by atoms with E-state index in [9.17, 15) is 4.79 Å². The lowest BCUT2D eigenvalue weighted by Gasteiger charge is -2.09. The Morgan fingerprint density at radius 1 is 0.952 bits per heavy atom. The zero-order valence-corrected chi connectivity index (χ0v) is 12.9. The summed E-state index contributed by atoms with van der Waals surface area (Å²) in [6, 6.07) is 15.8. The van der Waals surface area contributed by atoms with Crippen LogP contribution in [0.3, 0.4) is 0 Å². The molecule has 2 heteroatoms. The second kappa shape index (κ2) is 7.07. The third-order valence-corrected chi connectivity index (χ3v) is 3.44. The summed E-state index contributed by atoms with van der Waals surface area (Å²) in [6.07, 6.45) is 1.06. The van der Waals surface area contributed by atoms with Crippen LogP contribution < -0.4 is 4.74 Å². The maximum absolute atomic E-state index is 11.3. The molecule has 0 aromatic heterocycles. The highest BCUT2D eigenvalue weighted by atomic mass is 16.5. The van der Waals surface area contributed by atoms with Crippen LogP contribution in [0.15, 0.2) is 48.5 Å². The van der Waals surface area contributed by atoms with Crippen molar-refractivity contribution in [3.8, 4) is 16.9 Å². The molecule has 21 heavy (non-hydrogen) atoms. The quantitative estimate of drug-likeness (QED) is 0.698. The van der Waals surface area contributed by atoms with E-state index in [0.717, 1.165) is 35.5 Å². The molecule has 0 saturated heterocycles. The lowest BCUT2D eigenvalue weighted by Crippen LogP contribution is -2.01. The van der Waals surface area contributed by atoms with Gasteiger partial charge in [-0.05, 0) is 42.5 Å². The standard InChI is InChI=1S/C19H22O2/c1-14(2)12-13-21-19-10-8-18(9-11-19)17-6-4-16(5-7-17)15(3)20/h4-11,14H,12-13H2,1-3H3. The summed E-state index contributed by atoms with van der Waals surface area (Å²) in [7, 11) is 0. The van der Waals surface area contributed by atoms with Crippen LogP contribution in [-0.2, 0) is 0 Å². The number of benzene rings is 2. The van der Waals surface area contributed by atoms with E-state index in [1.807, 2.05) is 48.5 Å². The largest absolute Gasteiger partial charge is 0.494 e. The van der Waals surface area contributed by atoms with Crippen LogP contribution in [0.2, 0.25) is 0 Å². The number of ether oxygens (including phenoxy) is 1. The molecule has 2 aromatic carbocycles. The Morgan fingerprint density at radius 3 is 1.95 bits per heavy atom. The third-order valence-electron chi connectivity index (χ3n) is 3.44. The van der Waals surface area contributed by atoms with E-state index in [4.69, 9.17) is 4.74 Å². The van der Waals surface area contributed by atoms with Crippen molar-refractivity contribution < 1.29 is 9.53 Å². The number of hydrogen-bond donors (Lipinski definition) is 0. The molecule has 0 fully saturated rings. The van der Waals surface area contributed by atoms with E-state index in [1.165, 1.54) is 0 Å². The number of hydrogen-bond acceptors (Lipinski definition) is 2. The number of carbonyl (C=O) groups is 1. The van der Waals surface area contributed by atoms with Gasteiger partial charge in [-0.15, -0.1) is 0 Å². The van der Waals surface area contributed by atoms with Crippen molar-refractivity contribution in [1.29, 1.82) is 0 Å². The molecule has 0 unspecified atom stereocenters. The van der Waals surface area contributed by atoms with Crippen LogP contribution in [-0.4, -0.2) is 12.4 Å². The number of rotatable bonds is 6. The number of carbonyl (C=O) groups excluding carboxylic acids is 1. The normalized spacial score (nSPS) is 10.7. The molecular formula is C19H22O2. The zero-order chi connectivity index (χ0) is 15.2. The predicted molar refractivity (Wildman–Crippen MR) is 86.8 cm³/mol. The smallest absolute Gasteiger partial charge is 0.159 e. The lowest BCUT2D eigenvalue weighted by molar-refractivity contribution is 0.101. The molecule has 0 saturated carbocycles. The van der Waals surface area contributed by atoms with Gasteiger partial charge < -0.3 is 4.74 Å². The van der Waals surface area contributed by atoms with Crippen LogP contribution in [0.1, 0.15) is 37.6 Å². The predicted octanol–water partition coefficient (Wildman–Crippen LogP) is 4.98. The topological polar surface area (TPSA) is 26.3 Å². The molecule has 2 rings (SSSR count). The van der Waals surface area contributed by atoms with E-state index in [-0.39, 0.29) is 5.78 Å². The third kappa shape index (κ3) is 4.45. The van der Waals surface area contributed by atoms with Crippen molar-refractivity contribution in [2.24, 2.45) is 5.92 Å². The van der Waals surface area contributed by atoms with Crippen molar-refractivity contribution in [3.05, 3.63) is 54.1 Å². The van der Waals surface area contributed by atoms with Gasteiger partial charge in [-0.2, -0.15) is 0 Å². The monoisotopic (exact) mass is 282 g/mol. The van der Waals surface area contributed by atoms with Gasteiger partial charge in [0, 0.05) is 5.56 Å². The van der Waals surface area contributed by atoms with Crippen molar-refractivity contribution in [2.75, 3.05) is 6.61 Å². The molecule has 0 aliphatic carbocycles. The minimum Gasteiger partial charge on any atom is -0.494 e. The Labute approximate surface area is 126 Å². The second-order valence-electron chi connectivity index (χ2n) is 5.69. The van der Waals surface area contributed by atoms with Crippen LogP contribution in [0.4, 0.5) is 0 Å². The molecule has 0 aliphatic rings. The summed E-state index contributed by atoms with van der Waals surface area (Å²) in [5, 5.41) is 0. The summed E-state index contributed by atoms with van der Waals surface area (Å²) in [6.45, 7) is 6.72. The van der Waals surface area contributed by atoms with Gasteiger partial charge in [0.05, 0.1) is 6.61 Å². The molecule has 110 valence electrons. The molecule has 0 N–H and O–H groups in total. The second-order valence-corrected chi connectivity index (χ2v) is 5.69. The molecule has 2 nitrogen and oxygen atoms in total. The Balaban J connectivity index is 2.02. The fraction of sp³-hybridized carbons (Fsp3) is 0.316. The van der Waals surface area contributed by atoms with E-state index in [0.29, 0.717) is 5.92 Å². The molecule has 0 aliphatic heterocycles. The van der Waals surface area contributed by atoms with Crippen molar-refractivity contribution in [1.82, 2.24) is 0 Å². The van der Waals surface area contributed by atoms with Crippen LogP contribution in [0.5, 0.6) is 5.75 Å². The molecule has 0 amide bonds. The van der Waals surface area contributed by atoms with Crippen molar-refractivity contribution in [2.45, 2.75) is 27.2 Å². The molecule has 0 heterocycles. The maximum atomic E-state index is 11.3. The molecule has 0 radical (unpaired) electrons. The first kappa shape index (κ1) is 15.3. The summed E-state index contributed by atoms with van der Waals surface area (Å²) >= 11 is 0. The van der Waals surface area contributed by atoms with Gasteiger partial charge >= 0.3 is 0 Å². The molecular weight excluding hydrogens is 260 g/mol. The highest BCUT2D eigenvalue weighted by molar-refractivity contribution is 5.94. The molecule has 0 bridgehead atoms. The SMILES string of the molecule is CC(=O)c1ccc(-c2ccc(OCCC(C)C)cc2)cc1. The minimum absolute atomic E-state index is 0.0930. The fourth-order valence-corrected chi connectivity index (χ4v) is 2.05. The minimum atomic E-state index is 0.0930. The van der Waals surface area contributed by atoms with Gasteiger partial charge in [0.1, 0.15) is 5.75 Å². The summed E-state index contributed by atoms with van der Waals surface area (Å²) < 4.78 is 5.71. The Morgan fingerprint density at radius 2 is 1.48 bits per heavy atom. The van der Waals surface area contributed by atoms with Crippen LogP contribution in [0, 0.1) is 5.92 Å². The maximum Gasteiger partial charge on any atom is 0.159 e. The summed E-state index contributed by atoms with van der Waals surface area (Å²) in [4.78, 5) is 11.3. The van der Waals surface area contributed by atoms with Crippen LogP contribution in [0.25, 0.3) is 11.1 Å². The molecule has 2 aromatic rings. The van der Waals surface area contributed by atoms with Gasteiger partial charge in [0.2, 0.25) is 0 Å². The lowest BCUT2D eigenvalue weighted by atomic mass is 10.0. The zero-order valence-electron chi connectivity index (χ0n) is 12.9. The van der Waals surface area contributed by atoms with Gasteiger partial charge in [0.15, 0.2) is 5.78 Å². The Bertz CT molecular complexity index is 580. The highest BCUT2D eigenvalue weighted by Crippen LogP contribution is 2.23. The average Bonchev–Trinajstić information content (AvgIpc) is 2.48. The Hall–Kier alpha value is -2.09. The first-order chi connectivity index (χ1) is 10.1. The van der Waals surface area contributed by atoms with E-state index >= 15 is 0 Å². The van der Waals surface area contributed by atoms with Crippen LogP contribution >= 0.6 is 0 Å². The van der Waals surface area contributed by atoms with Gasteiger partial charge in [0.25, 0.3) is 0 Å². The van der Waals surface area contributed by atoms with Gasteiger partial charge in [-0.25, -0.2) is 0 Å². The van der Waals surface area contributed by atoms with Gasteiger partial charge in [-0.3, -0.25) is 4.79 Å². The fourth-order valence-electron chi connectivity index (χ4n) is 2.05.